The van der Waals surface area contributed by atoms with Gasteiger partial charge in [0.15, 0.2) is 6.79 Å². The lowest BCUT2D eigenvalue weighted by Gasteiger charge is -2.21. The van der Waals surface area contributed by atoms with Gasteiger partial charge in [-0.2, -0.15) is 0 Å². The second-order valence-electron chi connectivity index (χ2n) is 5.52. The van der Waals surface area contributed by atoms with Gasteiger partial charge in [0.05, 0.1) is 19.3 Å². The zero-order valence-corrected chi connectivity index (χ0v) is 13.6. The SMILES string of the molecule is COc1ccc(C(=O)NCCc2cc(F)cc3c2OCOC3)c(F)c1. The number of methoxy groups -OCH3 is 1. The van der Waals surface area contributed by atoms with Crippen molar-refractivity contribution in [3.05, 3.63) is 58.7 Å². The van der Waals surface area contributed by atoms with Crippen LogP contribution in [0.3, 0.4) is 0 Å². The molecule has 3 rings (SSSR count). The van der Waals surface area contributed by atoms with Gasteiger partial charge in [0.1, 0.15) is 23.1 Å². The summed E-state index contributed by atoms with van der Waals surface area (Å²) in [7, 11) is 1.42. The maximum atomic E-state index is 13.9. The van der Waals surface area contributed by atoms with Gasteiger partial charge in [-0.05, 0) is 36.2 Å². The van der Waals surface area contributed by atoms with Crippen molar-refractivity contribution < 1.29 is 27.8 Å². The predicted molar refractivity (Wildman–Crippen MR) is 85.7 cm³/mol. The van der Waals surface area contributed by atoms with Crippen molar-refractivity contribution in [1.82, 2.24) is 5.32 Å². The largest absolute Gasteiger partial charge is 0.497 e. The molecule has 0 radical (unpaired) electrons. The second kappa shape index (κ2) is 7.48. The van der Waals surface area contributed by atoms with E-state index in [1.807, 2.05) is 0 Å². The van der Waals surface area contributed by atoms with E-state index in [9.17, 15) is 13.6 Å². The molecule has 1 heterocycles. The van der Waals surface area contributed by atoms with Crippen molar-refractivity contribution in [1.29, 1.82) is 0 Å². The number of hydrogen-bond donors (Lipinski definition) is 1. The van der Waals surface area contributed by atoms with Crippen LogP contribution in [0, 0.1) is 11.6 Å². The Morgan fingerprint density at radius 2 is 2.12 bits per heavy atom. The number of halogens is 2. The molecule has 2 aromatic carbocycles. The first-order valence-electron chi connectivity index (χ1n) is 7.72. The molecule has 132 valence electrons. The first kappa shape index (κ1) is 17.2. The number of nitrogens with one attached hydrogen (secondary N) is 1. The van der Waals surface area contributed by atoms with Crippen molar-refractivity contribution in [2.24, 2.45) is 0 Å². The Bertz CT molecular complexity index is 795. The van der Waals surface area contributed by atoms with Crippen molar-refractivity contribution in [2.45, 2.75) is 13.0 Å². The van der Waals surface area contributed by atoms with Crippen molar-refractivity contribution >= 4 is 5.91 Å². The van der Waals surface area contributed by atoms with Crippen molar-refractivity contribution in [3.8, 4) is 11.5 Å². The third-order valence-electron chi connectivity index (χ3n) is 3.85. The van der Waals surface area contributed by atoms with E-state index >= 15 is 0 Å². The molecule has 0 saturated carbocycles. The topological polar surface area (TPSA) is 56.8 Å². The highest BCUT2D eigenvalue weighted by Gasteiger charge is 2.17. The van der Waals surface area contributed by atoms with Crippen LogP contribution in [0.2, 0.25) is 0 Å². The lowest BCUT2D eigenvalue weighted by Crippen LogP contribution is -2.27. The molecule has 2 aromatic rings. The van der Waals surface area contributed by atoms with Crippen LogP contribution in [-0.4, -0.2) is 26.4 Å². The summed E-state index contributed by atoms with van der Waals surface area (Å²) in [5.41, 5.74) is 1.19. The summed E-state index contributed by atoms with van der Waals surface area (Å²) in [6, 6.07) is 6.74. The first-order valence-corrected chi connectivity index (χ1v) is 7.72. The molecule has 0 saturated heterocycles. The summed E-state index contributed by atoms with van der Waals surface area (Å²) < 4.78 is 43.0. The summed E-state index contributed by atoms with van der Waals surface area (Å²) in [4.78, 5) is 12.1. The Morgan fingerprint density at radius 1 is 1.28 bits per heavy atom. The van der Waals surface area contributed by atoms with Gasteiger partial charge in [0.2, 0.25) is 0 Å². The van der Waals surface area contributed by atoms with E-state index in [0.29, 0.717) is 29.0 Å². The maximum absolute atomic E-state index is 13.9. The zero-order valence-electron chi connectivity index (χ0n) is 13.6. The third kappa shape index (κ3) is 3.88. The Hall–Kier alpha value is -2.67. The summed E-state index contributed by atoms with van der Waals surface area (Å²) in [6.45, 7) is 0.600. The molecule has 0 bridgehead atoms. The molecule has 0 fully saturated rings. The molecule has 25 heavy (non-hydrogen) atoms. The molecule has 0 aliphatic carbocycles. The molecule has 7 heteroatoms. The molecule has 5 nitrogen and oxygen atoms in total. The Morgan fingerprint density at radius 3 is 2.88 bits per heavy atom. The fourth-order valence-electron chi connectivity index (χ4n) is 2.66. The van der Waals surface area contributed by atoms with Crippen LogP contribution < -0.4 is 14.8 Å². The van der Waals surface area contributed by atoms with Crippen LogP contribution in [0.1, 0.15) is 21.5 Å². The van der Waals surface area contributed by atoms with Gasteiger partial charge < -0.3 is 19.5 Å². The first-order chi connectivity index (χ1) is 12.1. The number of carbonyl (C=O) groups excluding carboxylic acids is 1. The van der Waals surface area contributed by atoms with Crippen LogP contribution in [0.5, 0.6) is 11.5 Å². The highest BCUT2D eigenvalue weighted by molar-refractivity contribution is 5.94. The summed E-state index contributed by atoms with van der Waals surface area (Å²) in [5, 5.41) is 2.62. The molecule has 1 aliphatic heterocycles. The third-order valence-corrected chi connectivity index (χ3v) is 3.85. The number of benzene rings is 2. The minimum Gasteiger partial charge on any atom is -0.497 e. The zero-order chi connectivity index (χ0) is 17.8. The predicted octanol–water partition coefficient (Wildman–Crippen LogP) is 2.81. The van der Waals surface area contributed by atoms with E-state index in [1.54, 1.807) is 0 Å². The molecular weight excluding hydrogens is 332 g/mol. The summed E-state index contributed by atoms with van der Waals surface area (Å²) in [5.74, 6) is -0.692. The van der Waals surface area contributed by atoms with Crippen LogP contribution in [0.15, 0.2) is 30.3 Å². The van der Waals surface area contributed by atoms with Gasteiger partial charge >= 0.3 is 0 Å². The number of fused-ring (bicyclic) bond motifs is 1. The fourth-order valence-corrected chi connectivity index (χ4v) is 2.66. The lowest BCUT2D eigenvalue weighted by molar-refractivity contribution is -0.0172. The molecule has 1 amide bonds. The van der Waals surface area contributed by atoms with Gasteiger partial charge in [-0.3, -0.25) is 4.79 Å². The average Bonchev–Trinajstić information content (AvgIpc) is 2.61. The Balaban J connectivity index is 1.65. The maximum Gasteiger partial charge on any atom is 0.254 e. The van der Waals surface area contributed by atoms with Crippen molar-refractivity contribution in [2.75, 3.05) is 20.4 Å². The smallest absolute Gasteiger partial charge is 0.254 e. The number of rotatable bonds is 5. The molecule has 0 atom stereocenters. The van der Waals surface area contributed by atoms with Crippen molar-refractivity contribution in [3.63, 3.8) is 0 Å². The van der Waals surface area contributed by atoms with E-state index < -0.39 is 17.5 Å². The number of hydrogen-bond acceptors (Lipinski definition) is 4. The molecule has 0 spiro atoms. The summed E-state index contributed by atoms with van der Waals surface area (Å²) in [6.07, 6.45) is 0.351. The highest BCUT2D eigenvalue weighted by atomic mass is 19.1. The van der Waals surface area contributed by atoms with Gasteiger partial charge in [-0.1, -0.05) is 0 Å². The van der Waals surface area contributed by atoms with Crippen LogP contribution in [0.4, 0.5) is 8.78 Å². The second-order valence-corrected chi connectivity index (χ2v) is 5.52. The molecule has 0 unspecified atom stereocenters. The van der Waals surface area contributed by atoms with E-state index in [4.69, 9.17) is 14.2 Å². The Labute approximate surface area is 143 Å². The van der Waals surface area contributed by atoms with E-state index in [-0.39, 0.29) is 25.5 Å². The van der Waals surface area contributed by atoms with E-state index in [1.165, 1.54) is 31.4 Å². The molecule has 1 N–H and O–H groups in total. The monoisotopic (exact) mass is 349 g/mol. The van der Waals surface area contributed by atoms with Gasteiger partial charge in [-0.15, -0.1) is 0 Å². The van der Waals surface area contributed by atoms with Gasteiger partial charge in [-0.25, -0.2) is 8.78 Å². The lowest BCUT2D eigenvalue weighted by atomic mass is 10.1. The minimum absolute atomic E-state index is 0.0771. The standard InChI is InChI=1S/C18H17F2NO4/c1-23-14-2-3-15(16(20)8-14)18(22)21-5-4-11-6-13(19)7-12-9-24-10-25-17(11)12/h2-3,6-8H,4-5,9-10H2,1H3,(H,21,22). The minimum atomic E-state index is -0.666. The number of carbonyl (C=O) groups is 1. The molecule has 1 aliphatic rings. The van der Waals surface area contributed by atoms with E-state index in [0.717, 1.165) is 6.07 Å². The number of ether oxygens (including phenoxy) is 3. The fraction of sp³-hybridized carbons (Fsp3) is 0.278. The van der Waals surface area contributed by atoms with Crippen LogP contribution in [0.25, 0.3) is 0 Å². The van der Waals surface area contributed by atoms with Crippen LogP contribution in [-0.2, 0) is 17.8 Å². The summed E-state index contributed by atoms with van der Waals surface area (Å²) >= 11 is 0. The average molecular weight is 349 g/mol. The normalized spacial score (nSPS) is 12.9. The van der Waals surface area contributed by atoms with Gasteiger partial charge in [0, 0.05) is 18.2 Å². The quantitative estimate of drug-likeness (QED) is 0.902. The highest BCUT2D eigenvalue weighted by Crippen LogP contribution is 2.29. The van der Waals surface area contributed by atoms with Gasteiger partial charge in [0.25, 0.3) is 5.91 Å². The van der Waals surface area contributed by atoms with Crippen LogP contribution >= 0.6 is 0 Å². The van der Waals surface area contributed by atoms with E-state index in [2.05, 4.69) is 5.32 Å². The Kier molecular flexibility index (Phi) is 5.14. The molecule has 0 aromatic heterocycles. The number of amides is 1. The molecular formula is C18H17F2NO4.